The van der Waals surface area contributed by atoms with Gasteiger partial charge in [0.1, 0.15) is 10.8 Å². The smallest absolute Gasteiger partial charge is 0.139 e. The lowest BCUT2D eigenvalue weighted by Gasteiger charge is -2.10. The lowest BCUT2D eigenvalue weighted by Crippen LogP contribution is -2.25. The summed E-state index contributed by atoms with van der Waals surface area (Å²) in [5.74, 6) is 0.543. The molecule has 0 radical (unpaired) electrons. The summed E-state index contributed by atoms with van der Waals surface area (Å²) in [6.07, 6.45) is 0.593. The van der Waals surface area contributed by atoms with Crippen molar-refractivity contribution >= 4 is 23.2 Å². The van der Waals surface area contributed by atoms with Crippen LogP contribution in [0.2, 0.25) is 10.0 Å². The van der Waals surface area contributed by atoms with E-state index in [2.05, 4.69) is 11.4 Å². The van der Waals surface area contributed by atoms with Gasteiger partial charge in [-0.1, -0.05) is 29.3 Å². The van der Waals surface area contributed by atoms with Crippen LogP contribution in [0.4, 0.5) is 0 Å². The van der Waals surface area contributed by atoms with Crippen LogP contribution < -0.4 is 10.1 Å². The molecule has 0 spiro atoms. The van der Waals surface area contributed by atoms with E-state index in [9.17, 15) is 0 Å². The van der Waals surface area contributed by atoms with Gasteiger partial charge in [-0.05, 0) is 19.2 Å². The van der Waals surface area contributed by atoms with Gasteiger partial charge in [-0.2, -0.15) is 5.26 Å². The molecule has 0 fully saturated rings. The number of ether oxygens (including phenoxy) is 1. The minimum Gasteiger partial charge on any atom is -0.492 e. The summed E-state index contributed by atoms with van der Waals surface area (Å²) in [6.45, 7) is 0.416. The Morgan fingerprint density at radius 3 is 2.88 bits per heavy atom. The first-order valence-electron chi connectivity index (χ1n) is 4.82. The van der Waals surface area contributed by atoms with Gasteiger partial charge in [-0.25, -0.2) is 0 Å². The maximum atomic E-state index is 8.71. The zero-order valence-electron chi connectivity index (χ0n) is 8.84. The third-order valence-corrected chi connectivity index (χ3v) is 2.89. The zero-order valence-corrected chi connectivity index (χ0v) is 10.3. The molecule has 1 atom stereocenters. The van der Waals surface area contributed by atoms with Gasteiger partial charge < -0.3 is 10.1 Å². The van der Waals surface area contributed by atoms with Crippen LogP contribution in [0.1, 0.15) is 6.42 Å². The maximum Gasteiger partial charge on any atom is 0.139 e. The summed E-state index contributed by atoms with van der Waals surface area (Å²) >= 11 is 11.8. The molecule has 16 heavy (non-hydrogen) atoms. The molecule has 1 aromatic carbocycles. The molecule has 1 aromatic rings. The lowest BCUT2D eigenvalue weighted by atomic mass is 10.2. The topological polar surface area (TPSA) is 45.0 Å². The summed E-state index contributed by atoms with van der Waals surface area (Å²) in [5, 5.41) is 12.4. The third kappa shape index (κ3) is 3.57. The first-order valence-corrected chi connectivity index (χ1v) is 5.58. The van der Waals surface area contributed by atoms with E-state index in [0.29, 0.717) is 28.8 Å². The van der Waals surface area contributed by atoms with E-state index in [1.54, 1.807) is 25.2 Å². The van der Waals surface area contributed by atoms with Crippen LogP contribution in [0.5, 0.6) is 5.75 Å². The van der Waals surface area contributed by atoms with Gasteiger partial charge >= 0.3 is 0 Å². The number of nitrogens with zero attached hydrogens (tertiary/aromatic N) is 1. The third-order valence-electron chi connectivity index (χ3n) is 2.08. The van der Waals surface area contributed by atoms with Gasteiger partial charge in [0.05, 0.1) is 23.7 Å². The molecule has 0 aliphatic heterocycles. The second-order valence-electron chi connectivity index (χ2n) is 3.16. The van der Waals surface area contributed by atoms with Crippen molar-refractivity contribution in [2.75, 3.05) is 13.7 Å². The SMILES string of the molecule is CNC(C#N)CCOc1cccc(Cl)c1Cl. The summed E-state index contributed by atoms with van der Waals surface area (Å²) < 4.78 is 5.44. The Hall–Kier alpha value is -0.950. The van der Waals surface area contributed by atoms with Crippen molar-refractivity contribution in [1.82, 2.24) is 5.32 Å². The molecule has 0 bridgehead atoms. The van der Waals surface area contributed by atoms with Crippen molar-refractivity contribution in [3.8, 4) is 11.8 Å². The van der Waals surface area contributed by atoms with E-state index in [-0.39, 0.29) is 6.04 Å². The van der Waals surface area contributed by atoms with Crippen LogP contribution in [0.25, 0.3) is 0 Å². The predicted molar refractivity (Wildman–Crippen MR) is 65.0 cm³/mol. The average Bonchev–Trinajstić information content (AvgIpc) is 2.30. The predicted octanol–water partition coefficient (Wildman–Crippen LogP) is 2.87. The van der Waals surface area contributed by atoms with Crippen molar-refractivity contribution in [3.05, 3.63) is 28.2 Å². The highest BCUT2D eigenvalue weighted by Gasteiger charge is 2.07. The summed E-state index contributed by atoms with van der Waals surface area (Å²) in [7, 11) is 1.74. The molecular weight excluding hydrogens is 247 g/mol. The summed E-state index contributed by atoms with van der Waals surface area (Å²) in [5.41, 5.74) is 0. The Morgan fingerprint density at radius 2 is 2.25 bits per heavy atom. The highest BCUT2D eigenvalue weighted by molar-refractivity contribution is 6.42. The minimum atomic E-state index is -0.210. The van der Waals surface area contributed by atoms with Gasteiger partial charge in [0.25, 0.3) is 0 Å². The number of nitrogens with one attached hydrogen (secondary N) is 1. The molecule has 0 heterocycles. The van der Waals surface area contributed by atoms with Crippen molar-refractivity contribution in [3.63, 3.8) is 0 Å². The Labute approximate surface area is 105 Å². The van der Waals surface area contributed by atoms with E-state index < -0.39 is 0 Å². The number of hydrogen-bond acceptors (Lipinski definition) is 3. The molecular formula is C11H12Cl2N2O. The number of benzene rings is 1. The molecule has 1 rings (SSSR count). The Balaban J connectivity index is 2.50. The zero-order chi connectivity index (χ0) is 12.0. The molecule has 86 valence electrons. The molecule has 1 N–H and O–H groups in total. The minimum absolute atomic E-state index is 0.210. The molecule has 1 unspecified atom stereocenters. The number of nitriles is 1. The second kappa shape index (κ2) is 6.59. The van der Waals surface area contributed by atoms with Crippen LogP contribution >= 0.6 is 23.2 Å². The number of halogens is 2. The molecule has 5 heteroatoms. The summed E-state index contributed by atoms with van der Waals surface area (Å²) in [4.78, 5) is 0. The largest absolute Gasteiger partial charge is 0.492 e. The van der Waals surface area contributed by atoms with Crippen molar-refractivity contribution in [1.29, 1.82) is 5.26 Å². The van der Waals surface area contributed by atoms with Crippen LogP contribution in [-0.2, 0) is 0 Å². The van der Waals surface area contributed by atoms with E-state index in [1.807, 2.05) is 0 Å². The van der Waals surface area contributed by atoms with Crippen LogP contribution in [0.3, 0.4) is 0 Å². The molecule has 0 aliphatic carbocycles. The first kappa shape index (κ1) is 13.1. The molecule has 0 aliphatic rings. The van der Waals surface area contributed by atoms with E-state index in [4.69, 9.17) is 33.2 Å². The average molecular weight is 259 g/mol. The Bertz CT molecular complexity index is 390. The number of rotatable bonds is 5. The fraction of sp³-hybridized carbons (Fsp3) is 0.364. The van der Waals surface area contributed by atoms with Gasteiger partial charge in [0.2, 0.25) is 0 Å². The highest BCUT2D eigenvalue weighted by atomic mass is 35.5. The fourth-order valence-corrected chi connectivity index (χ4v) is 1.50. The molecule has 0 saturated heterocycles. The highest BCUT2D eigenvalue weighted by Crippen LogP contribution is 2.31. The molecule has 0 aromatic heterocycles. The van der Waals surface area contributed by atoms with Gasteiger partial charge in [0, 0.05) is 6.42 Å². The van der Waals surface area contributed by atoms with Crippen molar-refractivity contribution in [2.24, 2.45) is 0 Å². The summed E-state index contributed by atoms with van der Waals surface area (Å²) in [6, 6.07) is 7.11. The quantitative estimate of drug-likeness (QED) is 0.884. The monoisotopic (exact) mass is 258 g/mol. The Kier molecular flexibility index (Phi) is 5.41. The van der Waals surface area contributed by atoms with E-state index >= 15 is 0 Å². The maximum absolute atomic E-state index is 8.71. The second-order valence-corrected chi connectivity index (χ2v) is 3.94. The van der Waals surface area contributed by atoms with Crippen LogP contribution in [0.15, 0.2) is 18.2 Å². The lowest BCUT2D eigenvalue weighted by molar-refractivity contribution is 0.300. The van der Waals surface area contributed by atoms with Gasteiger partial charge in [-0.3, -0.25) is 0 Å². The van der Waals surface area contributed by atoms with Crippen molar-refractivity contribution in [2.45, 2.75) is 12.5 Å². The first-order chi connectivity index (χ1) is 7.69. The standard InChI is InChI=1S/C11H12Cl2N2O/c1-15-8(7-14)5-6-16-10-4-2-3-9(12)11(10)13/h2-4,8,15H,5-6H2,1H3. The van der Waals surface area contributed by atoms with Crippen LogP contribution in [0, 0.1) is 11.3 Å². The molecule has 0 amide bonds. The number of hydrogen-bond donors (Lipinski definition) is 1. The Morgan fingerprint density at radius 1 is 1.50 bits per heavy atom. The van der Waals surface area contributed by atoms with Gasteiger partial charge in [-0.15, -0.1) is 0 Å². The van der Waals surface area contributed by atoms with Gasteiger partial charge in [0.15, 0.2) is 0 Å². The van der Waals surface area contributed by atoms with E-state index in [1.165, 1.54) is 0 Å². The van der Waals surface area contributed by atoms with E-state index in [0.717, 1.165) is 0 Å². The molecule has 3 nitrogen and oxygen atoms in total. The normalized spacial score (nSPS) is 11.9. The fourth-order valence-electron chi connectivity index (χ4n) is 1.16. The van der Waals surface area contributed by atoms with Crippen molar-refractivity contribution < 1.29 is 4.74 Å². The molecule has 0 saturated carbocycles. The van der Waals surface area contributed by atoms with Crippen LogP contribution in [-0.4, -0.2) is 19.7 Å².